The molecular formula is C24H32N2O2. The van der Waals surface area contributed by atoms with E-state index in [0.717, 1.165) is 60.5 Å². The second-order valence-electron chi connectivity index (χ2n) is 7.25. The van der Waals surface area contributed by atoms with Crippen molar-refractivity contribution in [1.29, 1.82) is 0 Å². The van der Waals surface area contributed by atoms with Gasteiger partial charge in [0, 0.05) is 10.9 Å². The molecule has 2 aromatic carbocycles. The summed E-state index contributed by atoms with van der Waals surface area (Å²) >= 11 is 0. The average Bonchev–Trinajstić information content (AvgIpc) is 3.09. The maximum atomic E-state index is 5.75. The molecule has 0 bridgehead atoms. The number of aromatic nitrogens is 1. The molecule has 3 aromatic rings. The van der Waals surface area contributed by atoms with Crippen LogP contribution in [0.1, 0.15) is 43.7 Å². The molecule has 150 valence electrons. The summed E-state index contributed by atoms with van der Waals surface area (Å²) in [6.45, 7) is 2.95. The highest BCUT2D eigenvalue weighted by atomic mass is 16.5. The SMILES string of the molecule is CCCCc1ccc2[nH]c(-c3c(OC)cccc3OC)c(CCCCN)c2c1. The minimum Gasteiger partial charge on any atom is -0.496 e. The first-order chi connectivity index (χ1) is 13.7. The van der Waals surface area contributed by atoms with Crippen molar-refractivity contribution in [3.63, 3.8) is 0 Å². The Bertz CT molecular complexity index is 892. The highest BCUT2D eigenvalue weighted by Gasteiger charge is 2.20. The lowest BCUT2D eigenvalue weighted by Crippen LogP contribution is -2.00. The molecule has 0 spiro atoms. The van der Waals surface area contributed by atoms with Gasteiger partial charge in [-0.25, -0.2) is 0 Å². The van der Waals surface area contributed by atoms with E-state index in [2.05, 4.69) is 30.1 Å². The van der Waals surface area contributed by atoms with E-state index in [9.17, 15) is 0 Å². The van der Waals surface area contributed by atoms with Crippen molar-refractivity contribution in [2.75, 3.05) is 20.8 Å². The van der Waals surface area contributed by atoms with E-state index >= 15 is 0 Å². The molecule has 0 amide bonds. The molecule has 28 heavy (non-hydrogen) atoms. The van der Waals surface area contributed by atoms with Gasteiger partial charge in [0.1, 0.15) is 11.5 Å². The van der Waals surface area contributed by atoms with E-state index in [-0.39, 0.29) is 0 Å². The lowest BCUT2D eigenvalue weighted by Gasteiger charge is -2.14. The Labute approximate surface area is 168 Å². The van der Waals surface area contributed by atoms with Gasteiger partial charge in [-0.05, 0) is 74.0 Å². The van der Waals surface area contributed by atoms with Crippen molar-refractivity contribution in [3.05, 3.63) is 47.5 Å². The van der Waals surface area contributed by atoms with Crippen LogP contribution in [0.15, 0.2) is 36.4 Å². The van der Waals surface area contributed by atoms with Crippen LogP contribution in [0.4, 0.5) is 0 Å². The fourth-order valence-electron chi connectivity index (χ4n) is 3.85. The number of aromatic amines is 1. The molecule has 0 aliphatic carbocycles. The van der Waals surface area contributed by atoms with Gasteiger partial charge in [-0.2, -0.15) is 0 Å². The molecule has 1 heterocycles. The number of nitrogens with one attached hydrogen (secondary N) is 1. The summed E-state index contributed by atoms with van der Waals surface area (Å²) < 4.78 is 11.4. The number of ether oxygens (including phenoxy) is 2. The summed E-state index contributed by atoms with van der Waals surface area (Å²) in [7, 11) is 3.41. The molecule has 3 N–H and O–H groups in total. The van der Waals surface area contributed by atoms with Crippen molar-refractivity contribution in [2.45, 2.75) is 45.4 Å². The number of fused-ring (bicyclic) bond motifs is 1. The Morgan fingerprint density at radius 2 is 1.68 bits per heavy atom. The second-order valence-corrected chi connectivity index (χ2v) is 7.25. The van der Waals surface area contributed by atoms with Crippen LogP contribution in [0, 0.1) is 0 Å². The Morgan fingerprint density at radius 1 is 0.929 bits per heavy atom. The minimum absolute atomic E-state index is 0.720. The van der Waals surface area contributed by atoms with Crippen LogP contribution in [-0.4, -0.2) is 25.7 Å². The second kappa shape index (κ2) is 9.65. The Kier molecular flexibility index (Phi) is 6.99. The van der Waals surface area contributed by atoms with Crippen LogP contribution in [0.2, 0.25) is 0 Å². The summed E-state index contributed by atoms with van der Waals surface area (Å²) in [5.74, 6) is 1.63. The van der Waals surface area contributed by atoms with E-state index in [1.165, 1.54) is 29.4 Å². The number of rotatable bonds is 10. The number of hydrogen-bond acceptors (Lipinski definition) is 3. The molecule has 0 aliphatic heterocycles. The summed E-state index contributed by atoms with van der Waals surface area (Å²) in [5.41, 5.74) is 11.7. The van der Waals surface area contributed by atoms with Crippen LogP contribution in [0.25, 0.3) is 22.2 Å². The Hall–Kier alpha value is -2.46. The van der Waals surface area contributed by atoms with Crippen LogP contribution in [0.5, 0.6) is 11.5 Å². The summed E-state index contributed by atoms with van der Waals surface area (Å²) in [5, 5.41) is 1.30. The highest BCUT2D eigenvalue weighted by molar-refractivity contribution is 5.93. The van der Waals surface area contributed by atoms with Crippen molar-refractivity contribution in [2.24, 2.45) is 5.73 Å². The zero-order valence-corrected chi connectivity index (χ0v) is 17.3. The molecule has 0 aliphatic rings. The van der Waals surface area contributed by atoms with Gasteiger partial charge in [0.2, 0.25) is 0 Å². The van der Waals surface area contributed by atoms with E-state index in [4.69, 9.17) is 15.2 Å². The number of methoxy groups -OCH3 is 2. The lowest BCUT2D eigenvalue weighted by molar-refractivity contribution is 0.397. The molecule has 0 saturated carbocycles. The summed E-state index contributed by atoms with van der Waals surface area (Å²) in [6, 6.07) is 12.7. The number of unbranched alkanes of at least 4 members (excludes halogenated alkanes) is 2. The number of aryl methyl sites for hydroxylation is 2. The van der Waals surface area contributed by atoms with E-state index in [1.54, 1.807) is 14.2 Å². The predicted molar refractivity (Wildman–Crippen MR) is 117 cm³/mol. The smallest absolute Gasteiger partial charge is 0.131 e. The van der Waals surface area contributed by atoms with Crippen LogP contribution < -0.4 is 15.2 Å². The van der Waals surface area contributed by atoms with Gasteiger partial charge in [0.15, 0.2) is 0 Å². The maximum Gasteiger partial charge on any atom is 0.131 e. The molecule has 3 rings (SSSR count). The molecular weight excluding hydrogens is 348 g/mol. The van der Waals surface area contributed by atoms with Gasteiger partial charge < -0.3 is 20.2 Å². The van der Waals surface area contributed by atoms with Gasteiger partial charge in [-0.1, -0.05) is 25.5 Å². The van der Waals surface area contributed by atoms with Crippen LogP contribution in [0.3, 0.4) is 0 Å². The molecule has 4 nitrogen and oxygen atoms in total. The van der Waals surface area contributed by atoms with Gasteiger partial charge >= 0.3 is 0 Å². The molecule has 0 atom stereocenters. The van der Waals surface area contributed by atoms with Crippen molar-refractivity contribution < 1.29 is 9.47 Å². The standard InChI is InChI=1S/C24H32N2O2/c1-4-5-9-17-13-14-20-19(16-17)18(10-6-7-15-25)24(26-20)23-21(27-2)11-8-12-22(23)28-3/h8,11-14,16,26H,4-7,9-10,15,25H2,1-3H3. The topological polar surface area (TPSA) is 60.3 Å². The normalized spacial score (nSPS) is 11.1. The summed E-state index contributed by atoms with van der Waals surface area (Å²) in [4.78, 5) is 3.65. The number of H-pyrrole nitrogens is 1. The third-order valence-electron chi connectivity index (χ3n) is 5.35. The third-order valence-corrected chi connectivity index (χ3v) is 5.35. The number of benzene rings is 2. The van der Waals surface area contributed by atoms with Crippen molar-refractivity contribution >= 4 is 10.9 Å². The fraction of sp³-hybridized carbons (Fsp3) is 0.417. The van der Waals surface area contributed by atoms with E-state index < -0.39 is 0 Å². The van der Waals surface area contributed by atoms with Crippen molar-refractivity contribution in [1.82, 2.24) is 4.98 Å². The highest BCUT2D eigenvalue weighted by Crippen LogP contribution is 2.42. The number of nitrogens with two attached hydrogens (primary N) is 1. The fourth-order valence-corrected chi connectivity index (χ4v) is 3.85. The Morgan fingerprint density at radius 3 is 2.32 bits per heavy atom. The molecule has 1 aromatic heterocycles. The van der Waals surface area contributed by atoms with E-state index in [1.807, 2.05) is 18.2 Å². The predicted octanol–water partition coefficient (Wildman–Crippen LogP) is 5.48. The largest absolute Gasteiger partial charge is 0.496 e. The van der Waals surface area contributed by atoms with Gasteiger partial charge in [0.05, 0.1) is 25.5 Å². The average molecular weight is 381 g/mol. The van der Waals surface area contributed by atoms with E-state index in [0.29, 0.717) is 0 Å². The first kappa shape index (κ1) is 20.3. The molecule has 4 heteroatoms. The summed E-state index contributed by atoms with van der Waals surface area (Å²) in [6.07, 6.45) is 6.60. The molecule has 0 radical (unpaired) electrons. The molecule has 0 unspecified atom stereocenters. The quantitative estimate of drug-likeness (QED) is 0.458. The molecule has 0 fully saturated rings. The number of hydrogen-bond donors (Lipinski definition) is 2. The van der Waals surface area contributed by atoms with Gasteiger partial charge in [-0.15, -0.1) is 0 Å². The maximum absolute atomic E-state index is 5.75. The zero-order valence-electron chi connectivity index (χ0n) is 17.3. The van der Waals surface area contributed by atoms with Gasteiger partial charge in [0.25, 0.3) is 0 Å². The van der Waals surface area contributed by atoms with Crippen molar-refractivity contribution in [3.8, 4) is 22.8 Å². The first-order valence-corrected chi connectivity index (χ1v) is 10.3. The third kappa shape index (κ3) is 4.17. The van der Waals surface area contributed by atoms with Crippen LogP contribution >= 0.6 is 0 Å². The first-order valence-electron chi connectivity index (χ1n) is 10.3. The lowest BCUT2D eigenvalue weighted by atomic mass is 9.97. The van der Waals surface area contributed by atoms with Crippen LogP contribution in [-0.2, 0) is 12.8 Å². The Balaban J connectivity index is 2.17. The zero-order chi connectivity index (χ0) is 19.9. The molecule has 0 saturated heterocycles. The minimum atomic E-state index is 0.720. The monoisotopic (exact) mass is 380 g/mol. The van der Waals surface area contributed by atoms with Gasteiger partial charge in [-0.3, -0.25) is 0 Å².